The molecule has 2 aromatic rings. The quantitative estimate of drug-likeness (QED) is 0.841. The Kier molecular flexibility index (Phi) is 4.17. The van der Waals surface area contributed by atoms with Gasteiger partial charge in [-0.3, -0.25) is 0 Å². The molecule has 0 atom stereocenters. The van der Waals surface area contributed by atoms with E-state index in [1.54, 1.807) is 24.0 Å². The van der Waals surface area contributed by atoms with Crippen LogP contribution in [-0.4, -0.2) is 18.0 Å². The number of halogens is 1. The van der Waals surface area contributed by atoms with Gasteiger partial charge in [-0.25, -0.2) is 22.5 Å². The van der Waals surface area contributed by atoms with Crippen molar-refractivity contribution in [3.63, 3.8) is 0 Å². The van der Waals surface area contributed by atoms with E-state index < -0.39 is 15.8 Å². The minimum atomic E-state index is -3.73. The molecule has 8 heteroatoms. The smallest absolute Gasteiger partial charge is 0.240 e. The van der Waals surface area contributed by atoms with Gasteiger partial charge in [-0.05, 0) is 18.2 Å². The first kappa shape index (κ1) is 14.6. The first-order valence-electron chi connectivity index (χ1n) is 5.88. The van der Waals surface area contributed by atoms with Crippen molar-refractivity contribution in [2.75, 3.05) is 0 Å². The van der Waals surface area contributed by atoms with E-state index >= 15 is 0 Å². The molecule has 0 fully saturated rings. The van der Waals surface area contributed by atoms with Crippen molar-refractivity contribution in [2.24, 2.45) is 12.8 Å². The van der Waals surface area contributed by atoms with Crippen LogP contribution >= 0.6 is 0 Å². The topological polar surface area (TPSA) is 90.0 Å². The van der Waals surface area contributed by atoms with E-state index in [2.05, 4.69) is 9.71 Å². The number of hydrogen-bond acceptors (Lipinski definition) is 4. The third kappa shape index (κ3) is 3.03. The average molecular weight is 298 g/mol. The second-order valence-electron chi connectivity index (χ2n) is 4.24. The fourth-order valence-electron chi connectivity index (χ4n) is 1.68. The highest BCUT2D eigenvalue weighted by atomic mass is 32.2. The van der Waals surface area contributed by atoms with Crippen LogP contribution < -0.4 is 10.5 Å². The van der Waals surface area contributed by atoms with Crippen molar-refractivity contribution in [1.29, 1.82) is 0 Å². The Morgan fingerprint density at radius 2 is 2.20 bits per heavy atom. The Hall–Kier alpha value is -1.77. The molecule has 6 nitrogen and oxygen atoms in total. The maximum absolute atomic E-state index is 13.3. The monoisotopic (exact) mass is 298 g/mol. The van der Waals surface area contributed by atoms with Crippen LogP contribution in [0.15, 0.2) is 35.5 Å². The Morgan fingerprint density at radius 3 is 2.80 bits per heavy atom. The molecule has 0 aliphatic carbocycles. The van der Waals surface area contributed by atoms with Crippen molar-refractivity contribution < 1.29 is 12.8 Å². The van der Waals surface area contributed by atoms with Crippen LogP contribution in [0.3, 0.4) is 0 Å². The molecule has 0 unspecified atom stereocenters. The maximum atomic E-state index is 13.3. The van der Waals surface area contributed by atoms with E-state index in [0.717, 1.165) is 6.07 Å². The lowest BCUT2D eigenvalue weighted by Gasteiger charge is -2.08. The van der Waals surface area contributed by atoms with Gasteiger partial charge in [0.1, 0.15) is 11.6 Å². The third-order valence-electron chi connectivity index (χ3n) is 2.89. The molecule has 3 N–H and O–H groups in total. The summed E-state index contributed by atoms with van der Waals surface area (Å²) in [5, 5.41) is 0. The number of nitrogens with one attached hydrogen (secondary N) is 1. The second-order valence-corrected chi connectivity index (χ2v) is 6.00. The number of aryl methyl sites for hydroxylation is 1. The Balaban J connectivity index is 2.20. The summed E-state index contributed by atoms with van der Waals surface area (Å²) >= 11 is 0. The van der Waals surface area contributed by atoms with Crippen LogP contribution in [0.25, 0.3) is 0 Å². The molecule has 1 aromatic heterocycles. The largest absolute Gasteiger partial charge is 0.337 e. The number of sulfonamides is 1. The number of hydrogen-bond donors (Lipinski definition) is 2. The van der Waals surface area contributed by atoms with Crippen LogP contribution in [0.4, 0.5) is 4.39 Å². The lowest BCUT2D eigenvalue weighted by atomic mass is 10.2. The molecule has 108 valence electrons. The van der Waals surface area contributed by atoms with Crippen molar-refractivity contribution in [2.45, 2.75) is 18.0 Å². The number of nitrogens with two attached hydrogens (primary N) is 1. The molecule has 0 aliphatic rings. The summed E-state index contributed by atoms with van der Waals surface area (Å²) in [6.45, 7) is -0.00424. The first-order valence-corrected chi connectivity index (χ1v) is 7.36. The number of aromatic nitrogens is 2. The average Bonchev–Trinajstić information content (AvgIpc) is 2.82. The maximum Gasteiger partial charge on any atom is 0.240 e. The molecular weight excluding hydrogens is 283 g/mol. The lowest BCUT2D eigenvalue weighted by molar-refractivity contribution is 0.575. The van der Waals surface area contributed by atoms with Crippen molar-refractivity contribution in [3.8, 4) is 0 Å². The van der Waals surface area contributed by atoms with Crippen LogP contribution in [0.5, 0.6) is 0 Å². The van der Waals surface area contributed by atoms with Gasteiger partial charge in [0.05, 0.1) is 11.4 Å². The van der Waals surface area contributed by atoms with Gasteiger partial charge in [-0.2, -0.15) is 0 Å². The molecule has 0 amide bonds. The molecular formula is C12H15FN4O2S. The van der Waals surface area contributed by atoms with Gasteiger partial charge in [0.25, 0.3) is 0 Å². The number of benzene rings is 1. The molecule has 0 aliphatic heterocycles. The van der Waals surface area contributed by atoms with E-state index in [4.69, 9.17) is 5.73 Å². The number of rotatable bonds is 5. The standard InChI is InChI=1S/C12H15FN4O2S/c1-17-5-4-15-12(17)8-16-20(18,19)10-2-3-11(13)9(6-10)7-14/h2-6,16H,7-8,14H2,1H3. The van der Waals surface area contributed by atoms with Crippen LogP contribution in [-0.2, 0) is 30.2 Å². The van der Waals surface area contributed by atoms with Crippen molar-refractivity contribution in [3.05, 3.63) is 47.8 Å². The molecule has 0 saturated carbocycles. The van der Waals surface area contributed by atoms with Gasteiger partial charge < -0.3 is 10.3 Å². The summed E-state index contributed by atoms with van der Waals surface area (Å²) in [6.07, 6.45) is 3.29. The highest BCUT2D eigenvalue weighted by molar-refractivity contribution is 7.89. The summed E-state index contributed by atoms with van der Waals surface area (Å²) in [5.74, 6) is 0.0605. The predicted molar refractivity (Wildman–Crippen MR) is 71.5 cm³/mol. The minimum Gasteiger partial charge on any atom is -0.337 e. The second kappa shape index (κ2) is 5.70. The normalized spacial score (nSPS) is 11.8. The Labute approximate surface area is 116 Å². The van der Waals surface area contributed by atoms with Gasteiger partial charge in [0.15, 0.2) is 0 Å². The molecule has 0 spiro atoms. The highest BCUT2D eigenvalue weighted by Gasteiger charge is 2.16. The van der Waals surface area contributed by atoms with E-state index in [-0.39, 0.29) is 23.5 Å². The van der Waals surface area contributed by atoms with E-state index in [9.17, 15) is 12.8 Å². The summed E-state index contributed by atoms with van der Waals surface area (Å²) in [6, 6.07) is 3.53. The highest BCUT2D eigenvalue weighted by Crippen LogP contribution is 2.15. The van der Waals surface area contributed by atoms with E-state index in [1.807, 2.05) is 0 Å². The zero-order valence-electron chi connectivity index (χ0n) is 10.9. The summed E-state index contributed by atoms with van der Waals surface area (Å²) in [7, 11) is -1.96. The minimum absolute atomic E-state index is 0.0199. The van der Waals surface area contributed by atoms with E-state index in [1.165, 1.54) is 12.1 Å². The molecule has 0 radical (unpaired) electrons. The van der Waals surface area contributed by atoms with Gasteiger partial charge in [-0.1, -0.05) is 0 Å². The van der Waals surface area contributed by atoms with Gasteiger partial charge >= 0.3 is 0 Å². The fourth-order valence-corrected chi connectivity index (χ4v) is 2.71. The number of imidazole rings is 1. The zero-order valence-corrected chi connectivity index (χ0v) is 11.7. The SMILES string of the molecule is Cn1ccnc1CNS(=O)(=O)c1ccc(F)c(CN)c1. The molecule has 1 heterocycles. The van der Waals surface area contributed by atoms with Gasteiger partial charge in [0.2, 0.25) is 10.0 Å². The van der Waals surface area contributed by atoms with Crippen LogP contribution in [0.1, 0.15) is 11.4 Å². The summed E-state index contributed by atoms with van der Waals surface area (Å²) in [5.41, 5.74) is 5.52. The van der Waals surface area contributed by atoms with E-state index in [0.29, 0.717) is 5.82 Å². The molecule has 1 aromatic carbocycles. The number of nitrogens with zero attached hydrogens (tertiary/aromatic N) is 2. The Morgan fingerprint density at radius 1 is 1.45 bits per heavy atom. The summed E-state index contributed by atoms with van der Waals surface area (Å²) < 4.78 is 41.6. The van der Waals surface area contributed by atoms with Crippen LogP contribution in [0, 0.1) is 5.82 Å². The zero-order chi connectivity index (χ0) is 14.8. The fraction of sp³-hybridized carbons (Fsp3) is 0.250. The van der Waals surface area contributed by atoms with Gasteiger partial charge in [-0.15, -0.1) is 0 Å². The van der Waals surface area contributed by atoms with Crippen molar-refractivity contribution >= 4 is 10.0 Å². The third-order valence-corrected chi connectivity index (χ3v) is 4.29. The van der Waals surface area contributed by atoms with Crippen LogP contribution in [0.2, 0.25) is 0 Å². The lowest BCUT2D eigenvalue weighted by Crippen LogP contribution is -2.25. The summed E-state index contributed by atoms with van der Waals surface area (Å²) in [4.78, 5) is 4.00. The predicted octanol–water partition coefficient (Wildman–Crippen LogP) is 0.496. The van der Waals surface area contributed by atoms with Crippen molar-refractivity contribution in [1.82, 2.24) is 14.3 Å². The Bertz CT molecular complexity index is 712. The first-order chi connectivity index (χ1) is 9.44. The molecule has 2 rings (SSSR count). The molecule has 20 heavy (non-hydrogen) atoms. The van der Waals surface area contributed by atoms with Gasteiger partial charge in [0, 0.05) is 31.5 Å². The molecule has 0 bridgehead atoms. The molecule has 0 saturated heterocycles.